The maximum absolute atomic E-state index is 13.6. The Morgan fingerprint density at radius 3 is 2.00 bits per heavy atom. The second kappa shape index (κ2) is 14.4. The van der Waals surface area contributed by atoms with E-state index in [1.165, 1.54) is 0 Å². The van der Waals surface area contributed by atoms with Crippen LogP contribution in [-0.2, 0) is 33.2 Å². The van der Waals surface area contributed by atoms with Gasteiger partial charge in [-0.05, 0) is 6.92 Å². The first kappa shape index (κ1) is 26.4. The highest BCUT2D eigenvalue weighted by Crippen LogP contribution is 2.28. The standard InChI is InChI=1S/C11H22O5.C10H17FO2/c1-8-10(15-6-5-12-2)11(14-4)9(16-8)7-13-3;1-7-4-5-8(6-12-2)10(13-3)9(7)11/h8-11H,5-7H2,1-4H3;4-5,7-10H,6H2,1-3H3/t8-,9+,10-,11+;7-,8-,9+,10-/m01/s1. The lowest BCUT2D eigenvalue weighted by molar-refractivity contribution is -0.0644. The van der Waals surface area contributed by atoms with Crippen LogP contribution in [0.2, 0.25) is 0 Å². The fourth-order valence-electron chi connectivity index (χ4n) is 3.71. The topological polar surface area (TPSA) is 64.6 Å². The van der Waals surface area contributed by atoms with Crippen LogP contribution >= 0.6 is 0 Å². The van der Waals surface area contributed by atoms with Gasteiger partial charge in [-0.25, -0.2) is 4.39 Å². The van der Waals surface area contributed by atoms with Crippen molar-refractivity contribution < 1.29 is 37.5 Å². The van der Waals surface area contributed by atoms with Gasteiger partial charge in [-0.3, -0.25) is 0 Å². The van der Waals surface area contributed by atoms with E-state index in [4.69, 9.17) is 33.2 Å². The summed E-state index contributed by atoms with van der Waals surface area (Å²) in [5.74, 6) is -0.0146. The number of ether oxygens (including phenoxy) is 7. The van der Waals surface area contributed by atoms with Crippen LogP contribution in [0.5, 0.6) is 0 Å². The van der Waals surface area contributed by atoms with Gasteiger partial charge in [0.05, 0.1) is 38.6 Å². The first-order chi connectivity index (χ1) is 13.9. The van der Waals surface area contributed by atoms with E-state index in [1.54, 1.807) is 35.5 Å². The summed E-state index contributed by atoms with van der Waals surface area (Å²) < 4.78 is 50.6. The molecular weight excluding hydrogens is 383 g/mol. The first-order valence-electron chi connectivity index (χ1n) is 10.1. The fourth-order valence-corrected chi connectivity index (χ4v) is 3.71. The highest BCUT2D eigenvalue weighted by atomic mass is 19.1. The second-order valence-corrected chi connectivity index (χ2v) is 7.37. The van der Waals surface area contributed by atoms with E-state index in [0.29, 0.717) is 26.4 Å². The van der Waals surface area contributed by atoms with Gasteiger partial charge >= 0.3 is 0 Å². The zero-order valence-corrected chi connectivity index (χ0v) is 18.8. The van der Waals surface area contributed by atoms with Crippen LogP contribution in [0.1, 0.15) is 13.8 Å². The Labute approximate surface area is 174 Å². The summed E-state index contributed by atoms with van der Waals surface area (Å²) in [5, 5.41) is 0. The van der Waals surface area contributed by atoms with E-state index in [0.717, 1.165) is 0 Å². The van der Waals surface area contributed by atoms with Crippen LogP contribution in [-0.4, -0.2) is 98.7 Å². The van der Waals surface area contributed by atoms with E-state index >= 15 is 0 Å². The van der Waals surface area contributed by atoms with Crippen molar-refractivity contribution in [3.05, 3.63) is 12.2 Å². The third kappa shape index (κ3) is 7.86. The van der Waals surface area contributed by atoms with Crippen molar-refractivity contribution in [1.82, 2.24) is 0 Å². The first-order valence-corrected chi connectivity index (χ1v) is 10.1. The average Bonchev–Trinajstić information content (AvgIpc) is 3.00. The molecule has 0 bridgehead atoms. The lowest BCUT2D eigenvalue weighted by Crippen LogP contribution is -2.40. The minimum atomic E-state index is -0.921. The minimum Gasteiger partial charge on any atom is -0.384 e. The highest BCUT2D eigenvalue weighted by Gasteiger charge is 2.43. The Bertz CT molecular complexity index is 451. The van der Waals surface area contributed by atoms with Gasteiger partial charge in [-0.2, -0.15) is 0 Å². The van der Waals surface area contributed by atoms with Gasteiger partial charge < -0.3 is 33.2 Å². The van der Waals surface area contributed by atoms with E-state index < -0.39 is 6.17 Å². The molecule has 1 heterocycles. The molecule has 2 rings (SSSR count). The Morgan fingerprint density at radius 1 is 0.793 bits per heavy atom. The number of alkyl halides is 1. The highest BCUT2D eigenvalue weighted by molar-refractivity contribution is 5.05. The van der Waals surface area contributed by atoms with Crippen molar-refractivity contribution in [3.63, 3.8) is 0 Å². The molecule has 1 aliphatic carbocycles. The van der Waals surface area contributed by atoms with Gasteiger partial charge in [0.15, 0.2) is 0 Å². The lowest BCUT2D eigenvalue weighted by atomic mass is 9.85. The lowest BCUT2D eigenvalue weighted by Gasteiger charge is -2.32. The Hall–Kier alpha value is -0.610. The summed E-state index contributed by atoms with van der Waals surface area (Å²) in [7, 11) is 8.14. The molecule has 0 unspecified atom stereocenters. The maximum Gasteiger partial charge on any atom is 0.133 e. The van der Waals surface area contributed by atoms with Crippen molar-refractivity contribution in [2.45, 2.75) is 50.5 Å². The molecule has 7 nitrogen and oxygen atoms in total. The summed E-state index contributed by atoms with van der Waals surface area (Å²) in [6, 6.07) is 0. The van der Waals surface area contributed by atoms with Gasteiger partial charge in [-0.15, -0.1) is 0 Å². The summed E-state index contributed by atoms with van der Waals surface area (Å²) >= 11 is 0. The zero-order chi connectivity index (χ0) is 21.8. The molecule has 29 heavy (non-hydrogen) atoms. The van der Waals surface area contributed by atoms with Crippen molar-refractivity contribution >= 4 is 0 Å². The number of hydrogen-bond acceptors (Lipinski definition) is 7. The van der Waals surface area contributed by atoms with Gasteiger partial charge in [0.1, 0.15) is 24.5 Å². The molecule has 1 saturated heterocycles. The molecule has 0 amide bonds. The summed E-state index contributed by atoms with van der Waals surface area (Å²) in [6.45, 7) is 6.01. The maximum atomic E-state index is 13.6. The van der Waals surface area contributed by atoms with Crippen LogP contribution in [0.4, 0.5) is 4.39 Å². The predicted molar refractivity (Wildman–Crippen MR) is 108 cm³/mol. The molecule has 1 aliphatic heterocycles. The minimum absolute atomic E-state index is 0.0157. The number of allylic oxidation sites excluding steroid dienone is 1. The van der Waals surface area contributed by atoms with Crippen molar-refractivity contribution in [1.29, 1.82) is 0 Å². The largest absolute Gasteiger partial charge is 0.384 e. The number of hydrogen-bond donors (Lipinski definition) is 0. The number of rotatable bonds is 10. The smallest absolute Gasteiger partial charge is 0.133 e. The number of methoxy groups -OCH3 is 5. The number of halogens is 1. The zero-order valence-electron chi connectivity index (χ0n) is 18.8. The molecule has 0 radical (unpaired) electrons. The van der Waals surface area contributed by atoms with Crippen LogP contribution < -0.4 is 0 Å². The third-order valence-corrected chi connectivity index (χ3v) is 5.27. The van der Waals surface area contributed by atoms with Gasteiger partial charge in [0.25, 0.3) is 0 Å². The van der Waals surface area contributed by atoms with Crippen molar-refractivity contribution in [2.75, 3.05) is 62.0 Å². The molecule has 0 saturated carbocycles. The second-order valence-electron chi connectivity index (χ2n) is 7.37. The molecule has 0 N–H and O–H groups in total. The monoisotopic (exact) mass is 422 g/mol. The molecular formula is C21H39FO7. The average molecular weight is 423 g/mol. The quantitative estimate of drug-likeness (QED) is 0.395. The van der Waals surface area contributed by atoms with Gasteiger partial charge in [-0.1, -0.05) is 19.1 Å². The summed E-state index contributed by atoms with van der Waals surface area (Å²) in [4.78, 5) is 0. The Balaban J connectivity index is 0.000000296. The third-order valence-electron chi connectivity index (χ3n) is 5.27. The molecule has 2 aliphatic rings. The van der Waals surface area contributed by atoms with E-state index in [-0.39, 0.29) is 42.4 Å². The van der Waals surface area contributed by atoms with Crippen LogP contribution in [0, 0.1) is 11.8 Å². The van der Waals surface area contributed by atoms with Gasteiger partial charge in [0.2, 0.25) is 0 Å². The van der Waals surface area contributed by atoms with E-state index in [1.807, 2.05) is 26.0 Å². The normalized spacial score (nSPS) is 36.7. The molecule has 8 atom stereocenters. The molecule has 0 aromatic heterocycles. The Kier molecular flexibility index (Phi) is 13.1. The molecule has 1 fully saturated rings. The predicted octanol–water partition coefficient (Wildman–Crippen LogP) is 2.27. The van der Waals surface area contributed by atoms with Crippen molar-refractivity contribution in [3.8, 4) is 0 Å². The molecule has 0 spiro atoms. The van der Waals surface area contributed by atoms with E-state index in [2.05, 4.69) is 0 Å². The fraction of sp³-hybridized carbons (Fsp3) is 0.905. The SMILES string of the molecule is COCCO[C@@H]1[C@H](OC)[C@@H](COC)O[C@H]1C.COC[C@H]1C=C[C@@H](C)[C@H](F)[C@@H]1OC. The van der Waals surface area contributed by atoms with Gasteiger partial charge in [0, 0.05) is 47.4 Å². The van der Waals surface area contributed by atoms with Crippen molar-refractivity contribution in [2.24, 2.45) is 11.8 Å². The molecule has 0 aromatic rings. The van der Waals surface area contributed by atoms with Crippen LogP contribution in [0.25, 0.3) is 0 Å². The van der Waals surface area contributed by atoms with Crippen LogP contribution in [0.3, 0.4) is 0 Å². The molecule has 0 aromatic carbocycles. The van der Waals surface area contributed by atoms with E-state index in [9.17, 15) is 4.39 Å². The molecule has 172 valence electrons. The summed E-state index contributed by atoms with van der Waals surface area (Å²) in [6.07, 6.45) is 2.42. The summed E-state index contributed by atoms with van der Waals surface area (Å²) in [5.41, 5.74) is 0. The molecule has 8 heteroatoms. The van der Waals surface area contributed by atoms with Crippen LogP contribution in [0.15, 0.2) is 12.2 Å². The Morgan fingerprint density at radius 2 is 1.45 bits per heavy atom.